The molecule has 2 aromatic carbocycles. The molecule has 0 atom stereocenters. The first-order valence-corrected chi connectivity index (χ1v) is 10.8. The second kappa shape index (κ2) is 8.06. The van der Waals surface area contributed by atoms with Crippen LogP contribution in [0.4, 0.5) is 10.2 Å². The third kappa shape index (κ3) is 4.24. The van der Waals surface area contributed by atoms with Crippen LogP contribution in [0.25, 0.3) is 11.3 Å². The maximum absolute atomic E-state index is 13.5. The summed E-state index contributed by atoms with van der Waals surface area (Å²) in [6.07, 6.45) is 1.44. The van der Waals surface area contributed by atoms with Gasteiger partial charge in [-0.1, -0.05) is 29.8 Å². The lowest BCUT2D eigenvalue weighted by molar-refractivity contribution is 0.384. The summed E-state index contributed by atoms with van der Waals surface area (Å²) >= 11 is 5.94. The molecule has 150 valence electrons. The molecule has 1 aromatic heterocycles. The second-order valence-electron chi connectivity index (χ2n) is 6.62. The molecule has 0 unspecified atom stereocenters. The molecule has 0 spiro atoms. The molecule has 1 aliphatic heterocycles. The van der Waals surface area contributed by atoms with Crippen LogP contribution in [-0.2, 0) is 10.0 Å². The van der Waals surface area contributed by atoms with Crippen LogP contribution < -0.4 is 4.90 Å². The Labute approximate surface area is 173 Å². The maximum atomic E-state index is 13.5. The van der Waals surface area contributed by atoms with E-state index in [9.17, 15) is 12.8 Å². The Hall–Kier alpha value is -2.55. The standard InChI is InChI=1S/C20H18ClFN4O2S/c21-16-4-2-6-18(12-16)29(27,28)26-9-7-25(8-10-26)20-13-19(23-14-24-20)15-3-1-5-17(22)11-15/h1-6,11-14H,7-10H2. The van der Waals surface area contributed by atoms with Crippen molar-refractivity contribution in [2.45, 2.75) is 4.90 Å². The number of aromatic nitrogens is 2. The number of piperazine rings is 1. The van der Waals surface area contributed by atoms with Crippen LogP contribution in [-0.4, -0.2) is 48.9 Å². The van der Waals surface area contributed by atoms with E-state index >= 15 is 0 Å². The smallest absolute Gasteiger partial charge is 0.243 e. The molecule has 0 aliphatic carbocycles. The highest BCUT2D eigenvalue weighted by Crippen LogP contribution is 2.24. The highest BCUT2D eigenvalue weighted by Gasteiger charge is 2.29. The number of nitrogens with zero attached hydrogens (tertiary/aromatic N) is 4. The van der Waals surface area contributed by atoms with Gasteiger partial charge in [-0.25, -0.2) is 22.8 Å². The van der Waals surface area contributed by atoms with Gasteiger partial charge in [-0.05, 0) is 30.3 Å². The zero-order chi connectivity index (χ0) is 20.4. The molecule has 1 fully saturated rings. The van der Waals surface area contributed by atoms with Crippen LogP contribution in [0, 0.1) is 5.82 Å². The summed E-state index contributed by atoms with van der Waals surface area (Å²) < 4.78 is 40.6. The van der Waals surface area contributed by atoms with Gasteiger partial charge in [0.2, 0.25) is 10.0 Å². The number of rotatable bonds is 4. The van der Waals surface area contributed by atoms with Gasteiger partial charge in [-0.2, -0.15) is 4.31 Å². The third-order valence-corrected chi connectivity index (χ3v) is 6.90. The number of hydrogen-bond donors (Lipinski definition) is 0. The van der Waals surface area contributed by atoms with E-state index in [1.54, 1.807) is 36.4 Å². The van der Waals surface area contributed by atoms with E-state index in [2.05, 4.69) is 9.97 Å². The molecule has 9 heteroatoms. The van der Waals surface area contributed by atoms with Gasteiger partial charge in [0.05, 0.1) is 10.6 Å². The third-order valence-electron chi connectivity index (χ3n) is 4.77. The van der Waals surface area contributed by atoms with Crippen molar-refractivity contribution in [2.24, 2.45) is 0 Å². The fourth-order valence-electron chi connectivity index (χ4n) is 3.26. The van der Waals surface area contributed by atoms with Crippen molar-refractivity contribution in [1.82, 2.24) is 14.3 Å². The molecule has 0 N–H and O–H groups in total. The van der Waals surface area contributed by atoms with Gasteiger partial charge in [0.25, 0.3) is 0 Å². The van der Waals surface area contributed by atoms with E-state index in [4.69, 9.17) is 11.6 Å². The van der Waals surface area contributed by atoms with Crippen LogP contribution in [0.2, 0.25) is 5.02 Å². The summed E-state index contributed by atoms with van der Waals surface area (Å²) in [5, 5.41) is 0.385. The fourth-order valence-corrected chi connectivity index (χ4v) is 4.98. The fraction of sp³-hybridized carbons (Fsp3) is 0.200. The number of sulfonamides is 1. The summed E-state index contributed by atoms with van der Waals surface area (Å²) in [6.45, 7) is 1.63. The molecular formula is C20H18ClFN4O2S. The molecular weight excluding hydrogens is 415 g/mol. The van der Waals surface area contributed by atoms with Crippen LogP contribution in [0.1, 0.15) is 0 Å². The molecule has 6 nitrogen and oxygen atoms in total. The Morgan fingerprint density at radius 1 is 0.931 bits per heavy atom. The van der Waals surface area contributed by atoms with Crippen molar-refractivity contribution in [3.05, 3.63) is 71.8 Å². The zero-order valence-corrected chi connectivity index (χ0v) is 16.9. The first-order valence-electron chi connectivity index (χ1n) is 9.02. The minimum Gasteiger partial charge on any atom is -0.354 e. The minimum atomic E-state index is -3.60. The predicted molar refractivity (Wildman–Crippen MR) is 110 cm³/mol. The molecule has 0 radical (unpaired) electrons. The lowest BCUT2D eigenvalue weighted by Gasteiger charge is -2.34. The van der Waals surface area contributed by atoms with Gasteiger partial charge >= 0.3 is 0 Å². The van der Waals surface area contributed by atoms with E-state index in [1.807, 2.05) is 4.90 Å². The minimum absolute atomic E-state index is 0.189. The van der Waals surface area contributed by atoms with Crippen LogP contribution in [0.15, 0.2) is 65.8 Å². The topological polar surface area (TPSA) is 66.4 Å². The van der Waals surface area contributed by atoms with Gasteiger partial charge < -0.3 is 4.90 Å². The molecule has 0 amide bonds. The molecule has 1 aliphatic rings. The SMILES string of the molecule is O=S(=O)(c1cccc(Cl)c1)N1CCN(c2cc(-c3cccc(F)c3)ncn2)CC1. The lowest BCUT2D eigenvalue weighted by atomic mass is 10.1. The van der Waals surface area contributed by atoms with Crippen molar-refractivity contribution in [3.63, 3.8) is 0 Å². The van der Waals surface area contributed by atoms with Gasteiger partial charge in [-0.15, -0.1) is 0 Å². The molecule has 29 heavy (non-hydrogen) atoms. The molecule has 2 heterocycles. The number of halogens is 2. The number of anilines is 1. The van der Waals surface area contributed by atoms with Gasteiger partial charge in [0, 0.05) is 42.8 Å². The first-order chi connectivity index (χ1) is 13.9. The molecule has 1 saturated heterocycles. The molecule has 3 aromatic rings. The summed E-state index contributed by atoms with van der Waals surface area (Å²) in [5.41, 5.74) is 1.28. The van der Waals surface area contributed by atoms with Gasteiger partial charge in [0.15, 0.2) is 0 Å². The van der Waals surface area contributed by atoms with Gasteiger partial charge in [-0.3, -0.25) is 0 Å². The maximum Gasteiger partial charge on any atom is 0.243 e. The van der Waals surface area contributed by atoms with E-state index in [0.717, 1.165) is 0 Å². The first kappa shape index (κ1) is 19.8. The zero-order valence-electron chi connectivity index (χ0n) is 15.4. The van der Waals surface area contributed by atoms with E-state index in [-0.39, 0.29) is 10.7 Å². The van der Waals surface area contributed by atoms with Crippen molar-refractivity contribution in [3.8, 4) is 11.3 Å². The molecule has 0 saturated carbocycles. The molecule has 0 bridgehead atoms. The highest BCUT2D eigenvalue weighted by molar-refractivity contribution is 7.89. The molecule has 4 rings (SSSR count). The van der Waals surface area contributed by atoms with Crippen molar-refractivity contribution in [2.75, 3.05) is 31.1 Å². The number of hydrogen-bond acceptors (Lipinski definition) is 5. The lowest BCUT2D eigenvalue weighted by Crippen LogP contribution is -2.48. The highest BCUT2D eigenvalue weighted by atomic mass is 35.5. The van der Waals surface area contributed by atoms with Crippen molar-refractivity contribution < 1.29 is 12.8 Å². The number of benzene rings is 2. The van der Waals surface area contributed by atoms with E-state index < -0.39 is 10.0 Å². The Balaban J connectivity index is 1.50. The Morgan fingerprint density at radius 2 is 1.69 bits per heavy atom. The largest absolute Gasteiger partial charge is 0.354 e. The van der Waals surface area contributed by atoms with Crippen LogP contribution in [0.3, 0.4) is 0 Å². The monoisotopic (exact) mass is 432 g/mol. The van der Waals surface area contributed by atoms with Crippen LogP contribution >= 0.6 is 11.6 Å². The quantitative estimate of drug-likeness (QED) is 0.631. The van der Waals surface area contributed by atoms with Gasteiger partial charge in [0.1, 0.15) is 18.0 Å². The van der Waals surface area contributed by atoms with Crippen LogP contribution in [0.5, 0.6) is 0 Å². The van der Waals surface area contributed by atoms with E-state index in [0.29, 0.717) is 48.3 Å². The average molecular weight is 433 g/mol. The Kier molecular flexibility index (Phi) is 5.49. The summed E-state index contributed by atoms with van der Waals surface area (Å²) in [4.78, 5) is 10.7. The van der Waals surface area contributed by atoms with Crippen molar-refractivity contribution >= 4 is 27.4 Å². The van der Waals surface area contributed by atoms with E-state index in [1.165, 1.54) is 28.8 Å². The summed E-state index contributed by atoms with van der Waals surface area (Å²) in [7, 11) is -3.60. The normalized spacial score (nSPS) is 15.4. The average Bonchev–Trinajstić information content (AvgIpc) is 2.74. The Bertz CT molecular complexity index is 1130. The summed E-state index contributed by atoms with van der Waals surface area (Å²) in [6, 6.07) is 14.3. The Morgan fingerprint density at radius 3 is 2.41 bits per heavy atom. The summed E-state index contributed by atoms with van der Waals surface area (Å²) in [5.74, 6) is 0.349. The second-order valence-corrected chi connectivity index (χ2v) is 8.99. The predicted octanol–water partition coefficient (Wildman–Crippen LogP) is 3.45. The van der Waals surface area contributed by atoms with Crippen molar-refractivity contribution in [1.29, 1.82) is 0 Å².